The average molecular weight is 212 g/mol. The summed E-state index contributed by atoms with van der Waals surface area (Å²) in [5.41, 5.74) is 0. The maximum absolute atomic E-state index is 11.3. The molecule has 0 aliphatic rings. The smallest absolute Gasteiger partial charge is 0.328 e. The minimum absolute atomic E-state index is 0.272. The second-order valence-electron chi connectivity index (χ2n) is 3.19. The molecule has 15 heavy (non-hydrogen) atoms. The van der Waals surface area contributed by atoms with Gasteiger partial charge in [-0.2, -0.15) is 0 Å². The molecule has 1 rings (SSSR count). The van der Waals surface area contributed by atoms with E-state index in [0.717, 1.165) is 5.82 Å². The highest BCUT2D eigenvalue weighted by Gasteiger charge is 2.17. The van der Waals surface area contributed by atoms with Crippen LogP contribution in [0.1, 0.15) is 18.8 Å². The van der Waals surface area contributed by atoms with E-state index in [4.69, 9.17) is 4.74 Å². The maximum atomic E-state index is 11.3. The number of hydrogen-bond donors (Lipinski definition) is 0. The van der Waals surface area contributed by atoms with E-state index in [-0.39, 0.29) is 12.0 Å². The minimum Gasteiger partial charge on any atom is -0.467 e. The molecule has 1 atom stereocenters. The molecule has 0 radical (unpaired) electrons. The van der Waals surface area contributed by atoms with Gasteiger partial charge in [0.1, 0.15) is 11.9 Å². The number of ether oxygens (including phenoxy) is 2. The van der Waals surface area contributed by atoms with E-state index in [9.17, 15) is 4.79 Å². The highest BCUT2D eigenvalue weighted by atomic mass is 16.5. The zero-order valence-corrected chi connectivity index (χ0v) is 9.27. The first-order valence-corrected chi connectivity index (χ1v) is 4.79. The molecular weight excluding hydrogens is 196 g/mol. The van der Waals surface area contributed by atoms with Gasteiger partial charge in [-0.25, -0.2) is 9.78 Å². The van der Waals surface area contributed by atoms with Crippen LogP contribution in [0.3, 0.4) is 0 Å². The van der Waals surface area contributed by atoms with Gasteiger partial charge in [0, 0.05) is 25.9 Å². The Kier molecular flexibility index (Phi) is 4.30. The molecule has 0 bridgehead atoms. The van der Waals surface area contributed by atoms with Gasteiger partial charge in [0.25, 0.3) is 0 Å². The van der Waals surface area contributed by atoms with Crippen molar-refractivity contribution in [2.45, 2.75) is 19.4 Å². The summed E-state index contributed by atoms with van der Waals surface area (Å²) in [6.45, 7) is 2.37. The first kappa shape index (κ1) is 11.7. The number of methoxy groups -OCH3 is 2. The van der Waals surface area contributed by atoms with E-state index < -0.39 is 0 Å². The molecular formula is C10H16N2O3. The lowest BCUT2D eigenvalue weighted by atomic mass is 10.3. The van der Waals surface area contributed by atoms with Gasteiger partial charge >= 0.3 is 5.97 Å². The zero-order chi connectivity index (χ0) is 11.3. The van der Waals surface area contributed by atoms with Crippen molar-refractivity contribution in [3.63, 3.8) is 0 Å². The van der Waals surface area contributed by atoms with Crippen LogP contribution in [0.15, 0.2) is 12.4 Å². The normalized spacial score (nSPS) is 12.5. The minimum atomic E-state index is -0.343. The van der Waals surface area contributed by atoms with Crippen LogP contribution < -0.4 is 0 Å². The summed E-state index contributed by atoms with van der Waals surface area (Å²) < 4.78 is 11.4. The molecule has 0 aliphatic heterocycles. The number of carbonyl (C=O) groups is 1. The number of aromatic nitrogens is 2. The Morgan fingerprint density at radius 1 is 1.60 bits per heavy atom. The second-order valence-corrected chi connectivity index (χ2v) is 3.19. The quantitative estimate of drug-likeness (QED) is 0.678. The maximum Gasteiger partial charge on any atom is 0.328 e. The van der Waals surface area contributed by atoms with E-state index in [2.05, 4.69) is 9.72 Å². The summed E-state index contributed by atoms with van der Waals surface area (Å²) in [5.74, 6) is 0.557. The van der Waals surface area contributed by atoms with Crippen LogP contribution in [0.2, 0.25) is 0 Å². The lowest BCUT2D eigenvalue weighted by molar-refractivity contribution is -0.144. The molecule has 0 amide bonds. The fourth-order valence-electron chi connectivity index (χ4n) is 1.37. The third-order valence-electron chi connectivity index (χ3n) is 2.24. The summed E-state index contributed by atoms with van der Waals surface area (Å²) in [6, 6.07) is -0.343. The fraction of sp³-hybridized carbons (Fsp3) is 0.600. The van der Waals surface area contributed by atoms with Crippen LogP contribution in [-0.2, 0) is 20.7 Å². The predicted molar refractivity (Wildman–Crippen MR) is 54.5 cm³/mol. The Balaban J connectivity index is 2.75. The van der Waals surface area contributed by atoms with Gasteiger partial charge in [-0.1, -0.05) is 0 Å². The summed E-state index contributed by atoms with van der Waals surface area (Å²) >= 11 is 0. The van der Waals surface area contributed by atoms with Crippen LogP contribution in [0, 0.1) is 0 Å². The summed E-state index contributed by atoms with van der Waals surface area (Å²) in [5, 5.41) is 0. The molecule has 84 valence electrons. The summed E-state index contributed by atoms with van der Waals surface area (Å²) in [6.07, 6.45) is 4.13. The van der Waals surface area contributed by atoms with Crippen molar-refractivity contribution >= 4 is 5.97 Å². The molecule has 1 aromatic heterocycles. The Morgan fingerprint density at radius 3 is 2.93 bits per heavy atom. The van der Waals surface area contributed by atoms with E-state index in [0.29, 0.717) is 13.0 Å². The number of nitrogens with zero attached hydrogens (tertiary/aromatic N) is 2. The van der Waals surface area contributed by atoms with Crippen molar-refractivity contribution in [2.75, 3.05) is 20.8 Å². The van der Waals surface area contributed by atoms with Crippen molar-refractivity contribution in [1.29, 1.82) is 0 Å². The van der Waals surface area contributed by atoms with Crippen LogP contribution in [0.4, 0.5) is 0 Å². The van der Waals surface area contributed by atoms with Crippen molar-refractivity contribution < 1.29 is 14.3 Å². The van der Waals surface area contributed by atoms with Crippen molar-refractivity contribution in [1.82, 2.24) is 9.55 Å². The summed E-state index contributed by atoms with van der Waals surface area (Å²) in [7, 11) is 3.02. The van der Waals surface area contributed by atoms with Crippen molar-refractivity contribution in [3.05, 3.63) is 18.2 Å². The highest BCUT2D eigenvalue weighted by Crippen LogP contribution is 2.11. The van der Waals surface area contributed by atoms with Crippen molar-refractivity contribution in [3.8, 4) is 0 Å². The monoisotopic (exact) mass is 212 g/mol. The number of esters is 1. The van der Waals surface area contributed by atoms with Gasteiger partial charge in [-0.3, -0.25) is 0 Å². The van der Waals surface area contributed by atoms with Crippen molar-refractivity contribution in [2.24, 2.45) is 0 Å². The molecule has 0 N–H and O–H groups in total. The molecule has 1 heterocycles. The van der Waals surface area contributed by atoms with Crippen LogP contribution >= 0.6 is 0 Å². The van der Waals surface area contributed by atoms with Gasteiger partial charge in [-0.05, 0) is 6.92 Å². The third-order valence-corrected chi connectivity index (χ3v) is 2.24. The number of imidazole rings is 1. The van der Waals surface area contributed by atoms with Gasteiger partial charge in [0.2, 0.25) is 0 Å². The van der Waals surface area contributed by atoms with Gasteiger partial charge < -0.3 is 14.0 Å². The fourth-order valence-corrected chi connectivity index (χ4v) is 1.37. The molecule has 1 aromatic rings. The van der Waals surface area contributed by atoms with Gasteiger partial charge in [0.15, 0.2) is 0 Å². The molecule has 0 saturated heterocycles. The molecule has 1 unspecified atom stereocenters. The molecule has 0 fully saturated rings. The first-order valence-electron chi connectivity index (χ1n) is 4.79. The molecule has 5 nitrogen and oxygen atoms in total. The first-order chi connectivity index (χ1) is 7.20. The van der Waals surface area contributed by atoms with Crippen LogP contribution in [0.25, 0.3) is 0 Å². The highest BCUT2D eigenvalue weighted by molar-refractivity contribution is 5.73. The topological polar surface area (TPSA) is 53.4 Å². The number of rotatable bonds is 5. The van der Waals surface area contributed by atoms with Crippen LogP contribution in [-0.4, -0.2) is 36.3 Å². The van der Waals surface area contributed by atoms with Gasteiger partial charge in [0.05, 0.1) is 13.7 Å². The van der Waals surface area contributed by atoms with E-state index in [1.54, 1.807) is 31.0 Å². The molecule has 0 spiro atoms. The van der Waals surface area contributed by atoms with Crippen LogP contribution in [0.5, 0.6) is 0 Å². The Hall–Kier alpha value is -1.36. The molecule has 0 saturated carbocycles. The average Bonchev–Trinajstić information content (AvgIpc) is 2.72. The SMILES string of the molecule is COCCc1nccn1C(C)C(=O)OC. The largest absolute Gasteiger partial charge is 0.467 e. The van der Waals surface area contributed by atoms with E-state index in [1.807, 2.05) is 0 Å². The molecule has 0 aromatic carbocycles. The standard InChI is InChI=1S/C10H16N2O3/c1-8(10(13)15-3)12-6-5-11-9(12)4-7-14-2/h5-6,8H,4,7H2,1-3H3. The predicted octanol–water partition coefficient (Wildman–Crippen LogP) is 0.806. The summed E-state index contributed by atoms with van der Waals surface area (Å²) in [4.78, 5) is 15.5. The van der Waals surface area contributed by atoms with Gasteiger partial charge in [-0.15, -0.1) is 0 Å². The lowest BCUT2D eigenvalue weighted by Gasteiger charge is -2.13. The zero-order valence-electron chi connectivity index (χ0n) is 9.27. The lowest BCUT2D eigenvalue weighted by Crippen LogP contribution is -2.19. The number of carbonyl (C=O) groups excluding carboxylic acids is 1. The molecule has 0 aliphatic carbocycles. The van der Waals surface area contributed by atoms with E-state index in [1.165, 1.54) is 7.11 Å². The third kappa shape index (κ3) is 2.79. The number of hydrogen-bond acceptors (Lipinski definition) is 4. The Bertz CT molecular complexity index is 322. The molecule has 5 heteroatoms. The van der Waals surface area contributed by atoms with E-state index >= 15 is 0 Å². The Morgan fingerprint density at radius 2 is 2.33 bits per heavy atom. The second kappa shape index (κ2) is 5.50. The Labute approximate surface area is 89.0 Å².